The number of rotatable bonds is 1. The summed E-state index contributed by atoms with van der Waals surface area (Å²) in [7, 11) is 0. The topological polar surface area (TPSA) is 9.23 Å². The highest BCUT2D eigenvalue weighted by molar-refractivity contribution is 5.68. The van der Waals surface area contributed by atoms with Crippen LogP contribution >= 0.6 is 0 Å². The minimum Gasteiger partial charge on any atom is -0.365 e. The molecular weight excluding hydrogens is 196 g/mol. The van der Waals surface area contributed by atoms with E-state index in [1.165, 1.54) is 11.1 Å². The zero-order valence-corrected chi connectivity index (χ0v) is 10.5. The lowest BCUT2D eigenvalue weighted by Crippen LogP contribution is -2.39. The molecule has 1 heterocycles. The fraction of sp³-hybridized carbons (Fsp3) is 0.467. The molecule has 0 saturated carbocycles. The summed E-state index contributed by atoms with van der Waals surface area (Å²) in [5, 5.41) is 0. The van der Waals surface area contributed by atoms with Crippen molar-refractivity contribution in [1.29, 1.82) is 0 Å². The third kappa shape index (κ3) is 2.53. The quantitative estimate of drug-likeness (QED) is 0.691. The van der Waals surface area contributed by atoms with Crippen molar-refractivity contribution in [2.45, 2.75) is 45.3 Å². The van der Waals surface area contributed by atoms with Gasteiger partial charge in [-0.1, -0.05) is 24.3 Å². The van der Waals surface area contributed by atoms with E-state index < -0.39 is 0 Å². The monoisotopic (exact) mass is 215 g/mol. The van der Waals surface area contributed by atoms with Crippen LogP contribution in [0.2, 0.25) is 0 Å². The zero-order valence-electron chi connectivity index (χ0n) is 10.5. The number of hydrogen-bond donors (Lipinski definition) is 0. The summed E-state index contributed by atoms with van der Waals surface area (Å²) in [5.41, 5.74) is 2.38. The maximum atomic E-state index is 6.03. The Morgan fingerprint density at radius 1 is 1.12 bits per heavy atom. The van der Waals surface area contributed by atoms with Gasteiger partial charge in [0, 0.05) is 6.42 Å². The second kappa shape index (κ2) is 3.74. The molecule has 0 N–H and O–H groups in total. The molecule has 0 bridgehead atoms. The van der Waals surface area contributed by atoms with Crippen LogP contribution in [0.1, 0.15) is 39.7 Å². The van der Waals surface area contributed by atoms with Gasteiger partial charge < -0.3 is 4.74 Å². The van der Waals surface area contributed by atoms with Gasteiger partial charge >= 0.3 is 0 Å². The molecule has 0 unspecified atom stereocenters. The van der Waals surface area contributed by atoms with Crippen molar-refractivity contribution in [1.82, 2.24) is 0 Å². The maximum absolute atomic E-state index is 6.03. The van der Waals surface area contributed by atoms with Gasteiger partial charge in [-0.3, -0.25) is 0 Å². The van der Waals surface area contributed by atoms with Crippen LogP contribution in [0, 0.1) is 6.07 Å². The van der Waals surface area contributed by atoms with Crippen molar-refractivity contribution >= 4 is 5.57 Å². The third-order valence-corrected chi connectivity index (χ3v) is 2.77. The van der Waals surface area contributed by atoms with Gasteiger partial charge in [0.05, 0.1) is 11.2 Å². The van der Waals surface area contributed by atoms with Crippen molar-refractivity contribution in [2.24, 2.45) is 0 Å². The van der Waals surface area contributed by atoms with Crippen molar-refractivity contribution in [3.8, 4) is 0 Å². The van der Waals surface area contributed by atoms with Crippen LogP contribution in [0.15, 0.2) is 30.3 Å². The largest absolute Gasteiger partial charge is 0.365 e. The Hall–Kier alpha value is -1.08. The Bertz CT molecular complexity index is 399. The minimum atomic E-state index is -0.184. The van der Waals surface area contributed by atoms with Gasteiger partial charge in [0.25, 0.3) is 0 Å². The molecule has 1 aliphatic rings. The first-order chi connectivity index (χ1) is 7.38. The third-order valence-electron chi connectivity index (χ3n) is 2.77. The molecule has 0 saturated heterocycles. The molecule has 0 spiro atoms. The zero-order chi connectivity index (χ0) is 11.8. The lowest BCUT2D eigenvalue weighted by molar-refractivity contribution is -0.100. The average Bonchev–Trinajstić information content (AvgIpc) is 2.14. The smallest absolute Gasteiger partial charge is 0.0819 e. The first-order valence-corrected chi connectivity index (χ1v) is 5.76. The van der Waals surface area contributed by atoms with Gasteiger partial charge in [0.2, 0.25) is 0 Å². The van der Waals surface area contributed by atoms with Crippen LogP contribution in [0.25, 0.3) is 5.57 Å². The van der Waals surface area contributed by atoms with E-state index >= 15 is 0 Å². The molecule has 0 fully saturated rings. The molecule has 85 valence electrons. The molecule has 0 aromatic heterocycles. The van der Waals surface area contributed by atoms with E-state index in [0.29, 0.717) is 0 Å². The van der Waals surface area contributed by atoms with E-state index in [0.717, 1.165) is 6.42 Å². The summed E-state index contributed by atoms with van der Waals surface area (Å²) in [6, 6.07) is 11.2. The second-order valence-electron chi connectivity index (χ2n) is 5.60. The van der Waals surface area contributed by atoms with E-state index in [4.69, 9.17) is 4.74 Å². The Balaban J connectivity index is 2.38. The summed E-state index contributed by atoms with van der Waals surface area (Å²) in [6.07, 6.45) is 3.19. The molecule has 0 amide bonds. The lowest BCUT2D eigenvalue weighted by Gasteiger charge is -2.40. The molecule has 0 atom stereocenters. The van der Waals surface area contributed by atoms with Crippen LogP contribution in [0.4, 0.5) is 0 Å². The molecule has 16 heavy (non-hydrogen) atoms. The van der Waals surface area contributed by atoms with Crippen molar-refractivity contribution < 1.29 is 4.74 Å². The van der Waals surface area contributed by atoms with Crippen molar-refractivity contribution in [2.75, 3.05) is 0 Å². The van der Waals surface area contributed by atoms with Gasteiger partial charge in [-0.2, -0.15) is 0 Å². The number of hydrogen-bond acceptors (Lipinski definition) is 1. The SMILES string of the molecule is CC1(C)C=C(c2cc[c]cc2)CC(C)(C)O1. The summed E-state index contributed by atoms with van der Waals surface area (Å²) < 4.78 is 6.03. The van der Waals surface area contributed by atoms with Crippen LogP contribution < -0.4 is 0 Å². The summed E-state index contributed by atoms with van der Waals surface area (Å²) in [5.74, 6) is 0. The standard InChI is InChI=1S/C15H19O/c1-14(2)10-13(11-15(3,4)16-14)12-8-6-5-7-9-12/h6-10H,11H2,1-4H3. The van der Waals surface area contributed by atoms with Gasteiger partial charge in [0.1, 0.15) is 0 Å². The highest BCUT2D eigenvalue weighted by atomic mass is 16.5. The van der Waals surface area contributed by atoms with Crippen molar-refractivity contribution in [3.05, 3.63) is 42.0 Å². The van der Waals surface area contributed by atoms with Crippen LogP contribution in [0.3, 0.4) is 0 Å². The predicted octanol–water partition coefficient (Wildman–Crippen LogP) is 3.85. The summed E-state index contributed by atoms with van der Waals surface area (Å²) >= 11 is 0. The lowest BCUT2D eigenvalue weighted by atomic mass is 9.86. The van der Waals surface area contributed by atoms with Gasteiger partial charge in [-0.25, -0.2) is 0 Å². The van der Waals surface area contributed by atoms with E-state index in [1.54, 1.807) is 0 Å². The molecule has 1 nitrogen and oxygen atoms in total. The predicted molar refractivity (Wildman–Crippen MR) is 67.1 cm³/mol. The van der Waals surface area contributed by atoms with Crippen LogP contribution in [-0.4, -0.2) is 11.2 Å². The fourth-order valence-electron chi connectivity index (χ4n) is 2.49. The number of benzene rings is 1. The second-order valence-corrected chi connectivity index (χ2v) is 5.60. The van der Waals surface area contributed by atoms with E-state index in [2.05, 4.69) is 52.0 Å². The summed E-state index contributed by atoms with van der Waals surface area (Å²) in [6.45, 7) is 8.53. The van der Waals surface area contributed by atoms with Crippen molar-refractivity contribution in [3.63, 3.8) is 0 Å². The Labute approximate surface area is 98.1 Å². The average molecular weight is 215 g/mol. The highest BCUT2D eigenvalue weighted by Crippen LogP contribution is 2.37. The highest BCUT2D eigenvalue weighted by Gasteiger charge is 2.33. The molecule has 1 aliphatic heterocycles. The molecule has 1 aromatic rings. The first-order valence-electron chi connectivity index (χ1n) is 5.76. The first kappa shape index (κ1) is 11.4. The minimum absolute atomic E-state index is 0.0901. The molecule has 1 radical (unpaired) electrons. The molecule has 2 rings (SSSR count). The Kier molecular flexibility index (Phi) is 2.67. The molecule has 1 aromatic carbocycles. The number of ether oxygens (including phenoxy) is 1. The molecule has 0 aliphatic carbocycles. The van der Waals surface area contributed by atoms with E-state index in [1.807, 2.05) is 12.1 Å². The van der Waals surface area contributed by atoms with Crippen LogP contribution in [0.5, 0.6) is 0 Å². The maximum Gasteiger partial charge on any atom is 0.0819 e. The normalized spacial score (nSPS) is 22.6. The summed E-state index contributed by atoms with van der Waals surface area (Å²) in [4.78, 5) is 0. The molecule has 1 heteroatoms. The van der Waals surface area contributed by atoms with E-state index in [-0.39, 0.29) is 11.2 Å². The van der Waals surface area contributed by atoms with E-state index in [9.17, 15) is 0 Å². The van der Waals surface area contributed by atoms with Gasteiger partial charge in [0.15, 0.2) is 0 Å². The Morgan fingerprint density at radius 2 is 1.75 bits per heavy atom. The van der Waals surface area contributed by atoms with Gasteiger partial charge in [-0.05, 0) is 51.0 Å². The van der Waals surface area contributed by atoms with Crippen LogP contribution in [-0.2, 0) is 4.74 Å². The Morgan fingerprint density at radius 3 is 2.31 bits per heavy atom. The molecular formula is C15H19O. The fourth-order valence-corrected chi connectivity index (χ4v) is 2.49. The van der Waals surface area contributed by atoms with Gasteiger partial charge in [-0.15, -0.1) is 0 Å².